The molecule has 1 heterocycles. The van der Waals surface area contributed by atoms with E-state index < -0.39 is 0 Å². The topological polar surface area (TPSA) is 12.5 Å². The van der Waals surface area contributed by atoms with Crippen molar-refractivity contribution in [2.24, 2.45) is 23.7 Å². The van der Waals surface area contributed by atoms with Gasteiger partial charge in [0.25, 0.3) is 0 Å². The normalized spacial score (nSPS) is 25.9. The van der Waals surface area contributed by atoms with Crippen molar-refractivity contribution in [2.75, 3.05) is 4.90 Å². The van der Waals surface area contributed by atoms with Gasteiger partial charge in [0.05, 0.1) is 5.69 Å². The molecular weight excluding hydrogens is 679 g/mol. The molecule has 0 saturated heterocycles. The van der Waals surface area contributed by atoms with Crippen molar-refractivity contribution in [2.45, 2.75) is 88.9 Å². The third-order valence-electron chi connectivity index (χ3n) is 15.2. The summed E-state index contributed by atoms with van der Waals surface area (Å²) in [5.41, 5.74) is 14.3. The highest BCUT2D eigenvalue weighted by Crippen LogP contribution is 2.70. The van der Waals surface area contributed by atoms with Crippen LogP contribution in [0.3, 0.4) is 0 Å². The number of ether oxygens (including phenoxy) is 1. The minimum atomic E-state index is -0.0246. The van der Waals surface area contributed by atoms with Gasteiger partial charge in [0.15, 0.2) is 0 Å². The molecule has 0 atom stereocenters. The van der Waals surface area contributed by atoms with Crippen LogP contribution in [-0.2, 0) is 16.2 Å². The largest absolute Gasteiger partial charge is 0.456 e. The molecule has 280 valence electrons. The van der Waals surface area contributed by atoms with Crippen molar-refractivity contribution >= 4 is 17.1 Å². The van der Waals surface area contributed by atoms with Crippen molar-refractivity contribution in [1.29, 1.82) is 0 Å². The van der Waals surface area contributed by atoms with Crippen LogP contribution in [0.2, 0.25) is 0 Å². The lowest BCUT2D eigenvalue weighted by atomic mass is 9.41. The predicted octanol–water partition coefficient (Wildman–Crippen LogP) is 14.7. The summed E-state index contributed by atoms with van der Waals surface area (Å²) in [5.74, 6) is 5.15. The number of hydrogen-bond acceptors (Lipinski definition) is 2. The van der Waals surface area contributed by atoms with E-state index >= 15 is 0 Å². The monoisotopic (exact) mass is 731 g/mol. The van der Waals surface area contributed by atoms with Crippen LogP contribution in [0.4, 0.5) is 17.1 Å². The van der Waals surface area contributed by atoms with Crippen molar-refractivity contribution in [3.05, 3.63) is 162 Å². The summed E-state index contributed by atoms with van der Waals surface area (Å²) in [6.45, 7) is 9.72. The molecule has 0 radical (unpaired) electrons. The fourth-order valence-electron chi connectivity index (χ4n) is 12.6. The summed E-state index contributed by atoms with van der Waals surface area (Å²) in [6, 6.07) is 52.5. The molecular formula is C54H53NO. The van der Waals surface area contributed by atoms with Crippen LogP contribution < -0.4 is 9.64 Å². The summed E-state index contributed by atoms with van der Waals surface area (Å²) in [4.78, 5) is 2.53. The lowest BCUT2D eigenvalue weighted by Gasteiger charge is -2.63. The van der Waals surface area contributed by atoms with Gasteiger partial charge in [0, 0.05) is 33.5 Å². The van der Waals surface area contributed by atoms with Gasteiger partial charge in [0.1, 0.15) is 11.5 Å². The van der Waals surface area contributed by atoms with Crippen LogP contribution in [0.15, 0.2) is 140 Å². The average Bonchev–Trinajstić information content (AvgIpc) is 3.22. The van der Waals surface area contributed by atoms with E-state index in [1.54, 1.807) is 0 Å². The SMILES string of the molecule is CC1(C)CCC(C)(C)c2cc(N(c3ccc(-c4ccccc4)cc3)c3ccc4c(c3-c3ccccc3)Oc3ccccc3C43C4CC5CC(C4)CC3C5)ccc21. The molecule has 1 spiro atoms. The Labute approximate surface area is 333 Å². The first-order valence-corrected chi connectivity index (χ1v) is 21.3. The molecule has 4 saturated carbocycles. The summed E-state index contributed by atoms with van der Waals surface area (Å²) in [5, 5.41) is 0. The zero-order valence-corrected chi connectivity index (χ0v) is 33.4. The maximum absolute atomic E-state index is 7.36. The highest BCUT2D eigenvalue weighted by molar-refractivity contribution is 5.93. The first-order chi connectivity index (χ1) is 27.2. The van der Waals surface area contributed by atoms with E-state index in [1.807, 2.05) is 0 Å². The van der Waals surface area contributed by atoms with Gasteiger partial charge in [-0.15, -0.1) is 0 Å². The summed E-state index contributed by atoms with van der Waals surface area (Å²) in [7, 11) is 0. The van der Waals surface area contributed by atoms with Crippen molar-refractivity contribution in [3.63, 3.8) is 0 Å². The minimum Gasteiger partial charge on any atom is -0.456 e. The quantitative estimate of drug-likeness (QED) is 0.175. The van der Waals surface area contributed by atoms with E-state index in [4.69, 9.17) is 4.74 Å². The minimum absolute atomic E-state index is 0.0246. The second-order valence-electron chi connectivity index (χ2n) is 19.2. The first-order valence-electron chi connectivity index (χ1n) is 21.3. The molecule has 0 aromatic heterocycles. The van der Waals surface area contributed by atoms with Gasteiger partial charge in [-0.05, 0) is 144 Å². The molecule has 4 fully saturated rings. The molecule has 1 aliphatic heterocycles. The maximum atomic E-state index is 7.36. The molecule has 4 bridgehead atoms. The number of nitrogens with zero attached hydrogens (tertiary/aromatic N) is 1. The first kappa shape index (κ1) is 34.2. The zero-order chi connectivity index (χ0) is 37.8. The molecule has 5 aliphatic carbocycles. The maximum Gasteiger partial charge on any atom is 0.141 e. The Hall–Kier alpha value is -5.08. The van der Waals surface area contributed by atoms with Crippen molar-refractivity contribution in [3.8, 4) is 33.8 Å². The lowest BCUT2D eigenvalue weighted by molar-refractivity contribution is -0.0451. The number of rotatable bonds is 5. The molecule has 12 rings (SSSR count). The fourth-order valence-corrected chi connectivity index (χ4v) is 12.6. The molecule has 0 unspecified atom stereocenters. The van der Waals surface area contributed by atoms with Gasteiger partial charge in [0.2, 0.25) is 0 Å². The lowest BCUT2D eigenvalue weighted by Crippen LogP contribution is -2.57. The fraction of sp³-hybridized carbons (Fsp3) is 0.333. The number of anilines is 3. The van der Waals surface area contributed by atoms with E-state index in [-0.39, 0.29) is 16.2 Å². The van der Waals surface area contributed by atoms with Gasteiger partial charge in [-0.3, -0.25) is 0 Å². The van der Waals surface area contributed by atoms with Crippen LogP contribution >= 0.6 is 0 Å². The van der Waals surface area contributed by atoms with Crippen LogP contribution in [0.1, 0.15) is 94.9 Å². The van der Waals surface area contributed by atoms with Gasteiger partial charge >= 0.3 is 0 Å². The molecule has 2 nitrogen and oxygen atoms in total. The zero-order valence-electron chi connectivity index (χ0n) is 33.4. The van der Waals surface area contributed by atoms with E-state index in [0.29, 0.717) is 11.8 Å². The standard InChI is InChI=1S/C54H53NO/c1-52(2)27-28-53(3,4)47-34-43(23-24-44(47)52)55(42-21-19-38(20-22-42)37-13-7-5-8-14-37)48-26-25-46-51(50(48)39-15-9-6-10-16-39)56-49-18-12-11-17-45(49)54(46)40-30-35-29-36(32-40)33-41(54)31-35/h5-26,34-36,40-41H,27-33H2,1-4H3. The summed E-state index contributed by atoms with van der Waals surface area (Å²) in [6.07, 6.45) is 9.16. The van der Waals surface area contributed by atoms with Gasteiger partial charge in [-0.1, -0.05) is 131 Å². The van der Waals surface area contributed by atoms with Crippen LogP contribution in [0.25, 0.3) is 22.3 Å². The van der Waals surface area contributed by atoms with Gasteiger partial charge in [-0.25, -0.2) is 0 Å². The Morgan fingerprint density at radius 3 is 1.71 bits per heavy atom. The Kier molecular flexibility index (Phi) is 7.61. The molecule has 6 aromatic rings. The Morgan fingerprint density at radius 2 is 1.04 bits per heavy atom. The summed E-state index contributed by atoms with van der Waals surface area (Å²) < 4.78 is 7.36. The van der Waals surface area contributed by atoms with Crippen LogP contribution in [-0.4, -0.2) is 0 Å². The van der Waals surface area contributed by atoms with E-state index in [2.05, 4.69) is 172 Å². The molecule has 56 heavy (non-hydrogen) atoms. The molecule has 0 N–H and O–H groups in total. The third kappa shape index (κ3) is 5.07. The Morgan fingerprint density at radius 1 is 0.482 bits per heavy atom. The van der Waals surface area contributed by atoms with Gasteiger partial charge in [-0.2, -0.15) is 0 Å². The average molecular weight is 732 g/mol. The van der Waals surface area contributed by atoms with Gasteiger partial charge < -0.3 is 9.64 Å². The number of fused-ring (bicyclic) bond motifs is 3. The smallest absolute Gasteiger partial charge is 0.141 e. The number of benzene rings is 6. The highest BCUT2D eigenvalue weighted by Gasteiger charge is 2.61. The summed E-state index contributed by atoms with van der Waals surface area (Å²) >= 11 is 0. The Bertz CT molecular complexity index is 2430. The van der Waals surface area contributed by atoms with E-state index in [1.165, 1.54) is 95.1 Å². The predicted molar refractivity (Wildman–Crippen MR) is 232 cm³/mol. The second kappa shape index (κ2) is 12.5. The highest BCUT2D eigenvalue weighted by atomic mass is 16.5. The molecule has 0 amide bonds. The molecule has 6 aliphatic rings. The Balaban J connectivity index is 1.17. The van der Waals surface area contributed by atoms with Crippen LogP contribution in [0, 0.1) is 23.7 Å². The second-order valence-corrected chi connectivity index (χ2v) is 19.2. The van der Waals surface area contributed by atoms with Crippen LogP contribution in [0.5, 0.6) is 11.5 Å². The van der Waals surface area contributed by atoms with E-state index in [9.17, 15) is 0 Å². The van der Waals surface area contributed by atoms with Crippen molar-refractivity contribution in [1.82, 2.24) is 0 Å². The van der Waals surface area contributed by atoms with E-state index in [0.717, 1.165) is 34.7 Å². The van der Waals surface area contributed by atoms with Crippen molar-refractivity contribution < 1.29 is 4.74 Å². The molecule has 2 heteroatoms. The molecule has 6 aromatic carbocycles. The number of hydrogen-bond donors (Lipinski definition) is 0. The number of para-hydroxylation sites is 1. The third-order valence-corrected chi connectivity index (χ3v) is 15.2.